The molecule has 0 aromatic carbocycles. The van der Waals surface area contributed by atoms with Gasteiger partial charge in [-0.25, -0.2) is 0 Å². The fraction of sp³-hybridized carbons (Fsp3) is 0.500. The van der Waals surface area contributed by atoms with E-state index in [4.69, 9.17) is 44.5 Å². The van der Waals surface area contributed by atoms with Crippen LogP contribution in [0, 0.1) is 34.0 Å². The molecule has 0 unspecified atom stereocenters. The third-order valence-electron chi connectivity index (χ3n) is 0. The van der Waals surface area contributed by atoms with Gasteiger partial charge >= 0.3 is 42.2 Å². The molecule has 0 amide bonds. The van der Waals surface area contributed by atoms with Gasteiger partial charge in [0.25, 0.3) is 0 Å². The number of nitrogens with zero attached hydrogens (tertiary/aromatic N) is 3. The van der Waals surface area contributed by atoms with Gasteiger partial charge in [0.1, 0.15) is 0 Å². The Morgan fingerprint density at radius 3 is 0.769 bits per heavy atom. The number of hydrogen-bond donors (Lipinski definition) is 0. The van der Waals surface area contributed by atoms with Crippen molar-refractivity contribution in [2.75, 3.05) is 0 Å². The van der Waals surface area contributed by atoms with Crippen LogP contribution in [-0.2, 0) is 13.5 Å². The number of rotatable bonds is 0. The zero-order valence-electron chi connectivity index (χ0n) is 7.31. The van der Waals surface area contributed by atoms with E-state index in [1.165, 1.54) is 20.8 Å². The van der Waals surface area contributed by atoms with Crippen LogP contribution in [0.25, 0.3) is 0 Å². The second-order valence-electron chi connectivity index (χ2n) is 0.814. The van der Waals surface area contributed by atoms with E-state index in [9.17, 15) is 0 Å². The van der Waals surface area contributed by atoms with Crippen molar-refractivity contribution in [1.82, 2.24) is 0 Å². The van der Waals surface area contributed by atoms with Gasteiger partial charge in [-0.15, -0.1) is 0 Å². The van der Waals surface area contributed by atoms with Gasteiger partial charge in [-0.1, -0.05) is 0 Å². The molecule has 13 heavy (non-hydrogen) atoms. The molecule has 0 aliphatic carbocycles. The van der Waals surface area contributed by atoms with E-state index in [0.717, 1.165) is 0 Å². The average molecular weight is 422 g/mol. The topological polar surface area (TPSA) is 71.4 Å². The first-order valence-corrected chi connectivity index (χ1v) is 11.5. The molecule has 0 heterocycles. The molecule has 0 fully saturated rings. The van der Waals surface area contributed by atoms with Gasteiger partial charge in [-0.05, 0) is 0 Å². The minimum absolute atomic E-state index is 1.43. The Kier molecular flexibility index (Phi) is 71.7. The first kappa shape index (κ1) is 23.1. The Balaban J connectivity index is -0.0000000420. The number of halogens is 3. The number of nitriles is 3. The van der Waals surface area contributed by atoms with Crippen LogP contribution in [0.1, 0.15) is 20.8 Å². The van der Waals surface area contributed by atoms with Gasteiger partial charge in [0.2, 0.25) is 0 Å². The van der Waals surface area contributed by atoms with E-state index in [1.54, 1.807) is 18.2 Å². The van der Waals surface area contributed by atoms with E-state index in [0.29, 0.717) is 0 Å². The van der Waals surface area contributed by atoms with E-state index in [1.807, 2.05) is 0 Å². The van der Waals surface area contributed by atoms with Crippen LogP contribution in [0.5, 0.6) is 0 Å². The summed E-state index contributed by atoms with van der Waals surface area (Å²) >= 11 is -1.92. The third-order valence-corrected chi connectivity index (χ3v) is 0. The van der Waals surface area contributed by atoms with E-state index in [-0.39, 0.29) is 0 Å². The van der Waals surface area contributed by atoms with Crippen molar-refractivity contribution in [3.05, 3.63) is 0 Å². The van der Waals surface area contributed by atoms with Gasteiger partial charge in [-0.3, -0.25) is 0 Å². The molecule has 7 heteroatoms. The van der Waals surface area contributed by atoms with Crippen LogP contribution in [0.3, 0.4) is 0 Å². The van der Waals surface area contributed by atoms with Crippen LogP contribution >= 0.6 is 28.8 Å². The molecule has 0 saturated heterocycles. The van der Waals surface area contributed by atoms with Crippen molar-refractivity contribution in [2.24, 2.45) is 0 Å². The van der Waals surface area contributed by atoms with Gasteiger partial charge in [0.15, 0.2) is 0 Å². The minimum atomic E-state index is -1.92. The van der Waals surface area contributed by atoms with Gasteiger partial charge in [0.05, 0.1) is 18.2 Å². The summed E-state index contributed by atoms with van der Waals surface area (Å²) in [5.41, 5.74) is 0. The molecule has 0 atom stereocenters. The second kappa shape index (κ2) is 40.4. The zero-order valence-corrected chi connectivity index (χ0v) is 12.0. The molecule has 0 aliphatic rings. The van der Waals surface area contributed by atoms with Crippen molar-refractivity contribution in [3.8, 4) is 18.2 Å². The second-order valence-corrected chi connectivity index (χ2v) is 11.2. The molecule has 0 bridgehead atoms. The third kappa shape index (κ3) is 10500000. The van der Waals surface area contributed by atoms with E-state index >= 15 is 0 Å². The van der Waals surface area contributed by atoms with Gasteiger partial charge in [-0.2, -0.15) is 15.8 Å². The molecular formula is C6H9Cl3IrN3. The summed E-state index contributed by atoms with van der Waals surface area (Å²) in [5, 5.41) is 22.0. The van der Waals surface area contributed by atoms with Crippen LogP contribution < -0.4 is 0 Å². The maximum atomic E-state index is 7.32. The summed E-state index contributed by atoms with van der Waals surface area (Å²) in [6.45, 7) is 4.29. The molecule has 0 aromatic heterocycles. The Morgan fingerprint density at radius 1 is 0.769 bits per heavy atom. The van der Waals surface area contributed by atoms with Crippen LogP contribution in [0.15, 0.2) is 0 Å². The quantitative estimate of drug-likeness (QED) is 0.599. The SMILES string of the molecule is CC#N.CC#N.CC#N.[Cl][Ir]([Cl])[Cl]. The van der Waals surface area contributed by atoms with E-state index in [2.05, 4.69) is 0 Å². The molecule has 0 radical (unpaired) electrons. The Hall–Kier alpha value is -0.0106. The van der Waals surface area contributed by atoms with Crippen molar-refractivity contribution < 1.29 is 13.5 Å². The summed E-state index contributed by atoms with van der Waals surface area (Å²) in [5.74, 6) is 0. The predicted molar refractivity (Wildman–Crippen MR) is 51.4 cm³/mol. The van der Waals surface area contributed by atoms with Crippen LogP contribution in [0.4, 0.5) is 0 Å². The molecule has 0 aromatic rings. The average Bonchev–Trinajstić information content (AvgIpc) is 1.88. The van der Waals surface area contributed by atoms with Crippen molar-refractivity contribution >= 4 is 28.8 Å². The van der Waals surface area contributed by atoms with Crippen LogP contribution in [-0.4, -0.2) is 0 Å². The van der Waals surface area contributed by atoms with Gasteiger partial charge < -0.3 is 0 Å². The Labute approximate surface area is 96.6 Å². The molecule has 0 rings (SSSR count). The summed E-state index contributed by atoms with van der Waals surface area (Å²) in [6.07, 6.45) is 0. The summed E-state index contributed by atoms with van der Waals surface area (Å²) in [4.78, 5) is 0. The molecule has 0 N–H and O–H groups in total. The first-order valence-electron chi connectivity index (χ1n) is 2.55. The summed E-state index contributed by atoms with van der Waals surface area (Å²) < 4.78 is 0. The molecule has 78 valence electrons. The van der Waals surface area contributed by atoms with Crippen molar-refractivity contribution in [2.45, 2.75) is 20.8 Å². The predicted octanol–water partition coefficient (Wildman–Crippen LogP) is 3.66. The normalized spacial score (nSPS) is 5.31. The molecular weight excluding hydrogens is 413 g/mol. The Morgan fingerprint density at radius 2 is 0.769 bits per heavy atom. The standard InChI is InChI=1S/3C2H3N.3ClH.Ir/c3*1-2-3;;;;/h3*1H3;3*1H;/q;;;;;;+3/p-3. The fourth-order valence-corrected chi connectivity index (χ4v) is 0. The first-order chi connectivity index (χ1) is 5.97. The summed E-state index contributed by atoms with van der Waals surface area (Å²) in [7, 11) is 14.9. The van der Waals surface area contributed by atoms with Crippen molar-refractivity contribution in [3.63, 3.8) is 0 Å². The molecule has 0 spiro atoms. The monoisotopic (exact) mass is 421 g/mol. The maximum absolute atomic E-state index is 7.32. The van der Waals surface area contributed by atoms with E-state index < -0.39 is 13.5 Å². The van der Waals surface area contributed by atoms with Gasteiger partial charge in [0, 0.05) is 20.8 Å². The fourth-order valence-electron chi connectivity index (χ4n) is 0. The number of hydrogen-bond acceptors (Lipinski definition) is 3. The van der Waals surface area contributed by atoms with Crippen LogP contribution in [0.2, 0.25) is 0 Å². The summed E-state index contributed by atoms with van der Waals surface area (Å²) in [6, 6.07) is 5.25. The van der Waals surface area contributed by atoms with Crippen molar-refractivity contribution in [1.29, 1.82) is 15.8 Å². The molecule has 3 nitrogen and oxygen atoms in total. The Bertz CT molecular complexity index is 146. The molecule has 0 aliphatic heterocycles. The molecule has 0 saturated carbocycles. The zero-order chi connectivity index (χ0) is 11.7.